The van der Waals surface area contributed by atoms with Gasteiger partial charge in [0.1, 0.15) is 5.78 Å². The Hall–Kier alpha value is -0.900. The first kappa shape index (κ1) is 17.2. The van der Waals surface area contributed by atoms with Gasteiger partial charge in [0.05, 0.1) is 6.42 Å². The second-order valence-electron chi connectivity index (χ2n) is 6.13. The van der Waals surface area contributed by atoms with Crippen molar-refractivity contribution in [3.8, 4) is 0 Å². The van der Waals surface area contributed by atoms with Gasteiger partial charge >= 0.3 is 0 Å². The molecule has 1 amide bonds. The van der Waals surface area contributed by atoms with E-state index in [0.717, 1.165) is 32.4 Å². The van der Waals surface area contributed by atoms with Crippen LogP contribution in [0.15, 0.2) is 0 Å². The van der Waals surface area contributed by atoms with Crippen molar-refractivity contribution in [3.05, 3.63) is 0 Å². The van der Waals surface area contributed by atoms with E-state index in [1.54, 1.807) is 0 Å². The Labute approximate surface area is 123 Å². The molecule has 4 nitrogen and oxygen atoms in total. The van der Waals surface area contributed by atoms with Gasteiger partial charge in [-0.2, -0.15) is 0 Å². The molecule has 1 atom stereocenters. The Balaban J connectivity index is 2.17. The van der Waals surface area contributed by atoms with Crippen LogP contribution in [0.5, 0.6) is 0 Å². The maximum absolute atomic E-state index is 12.0. The summed E-state index contributed by atoms with van der Waals surface area (Å²) >= 11 is 0. The first-order valence-corrected chi connectivity index (χ1v) is 8.00. The van der Waals surface area contributed by atoms with Gasteiger partial charge in [-0.1, -0.05) is 32.6 Å². The Bertz CT molecular complexity index is 316. The maximum Gasteiger partial charge on any atom is 0.230 e. The monoisotopic (exact) mass is 282 g/mol. The summed E-state index contributed by atoms with van der Waals surface area (Å²) in [5.74, 6) is 0.132. The molecule has 0 aliphatic carbocycles. The van der Waals surface area contributed by atoms with Crippen LogP contribution >= 0.6 is 0 Å². The summed E-state index contributed by atoms with van der Waals surface area (Å²) in [4.78, 5) is 27.8. The molecule has 1 fully saturated rings. The third-order valence-corrected chi connectivity index (χ3v) is 4.15. The van der Waals surface area contributed by atoms with Gasteiger partial charge in [0.15, 0.2) is 0 Å². The lowest BCUT2D eigenvalue weighted by atomic mass is 10.1. The molecule has 0 bridgehead atoms. The lowest BCUT2D eigenvalue weighted by Gasteiger charge is -2.20. The summed E-state index contributed by atoms with van der Waals surface area (Å²) in [6, 6.07) is 0.447. The maximum atomic E-state index is 12.0. The molecule has 1 saturated heterocycles. The normalized spacial score (nSPS) is 18.8. The number of carbonyl (C=O) groups is 2. The first-order chi connectivity index (χ1) is 9.54. The molecule has 0 N–H and O–H groups in total. The molecule has 0 spiro atoms. The number of Topliss-reactive ketones (excluding diaryl/α,β-unsaturated/α-hetero) is 1. The standard InChI is InChI=1S/C16H30N2O2/c1-4-5-6-7-8-9-15(19)12-16(20)18-11-10-14(13-18)17(2)3/h14H,4-13H2,1-3H3. The van der Waals surface area contributed by atoms with Crippen molar-refractivity contribution in [1.29, 1.82) is 0 Å². The van der Waals surface area contributed by atoms with Crippen LogP contribution in [0.25, 0.3) is 0 Å². The van der Waals surface area contributed by atoms with Crippen molar-refractivity contribution in [2.75, 3.05) is 27.2 Å². The number of amides is 1. The third-order valence-electron chi connectivity index (χ3n) is 4.15. The van der Waals surface area contributed by atoms with Gasteiger partial charge in [-0.05, 0) is 26.9 Å². The number of hydrogen-bond acceptors (Lipinski definition) is 3. The zero-order valence-corrected chi connectivity index (χ0v) is 13.4. The smallest absolute Gasteiger partial charge is 0.230 e. The molecule has 0 saturated carbocycles. The minimum absolute atomic E-state index is 0.0212. The van der Waals surface area contributed by atoms with Crippen LogP contribution in [0.4, 0.5) is 0 Å². The van der Waals surface area contributed by atoms with Gasteiger partial charge in [0.2, 0.25) is 5.91 Å². The van der Waals surface area contributed by atoms with Crippen molar-refractivity contribution in [2.45, 2.75) is 64.3 Å². The van der Waals surface area contributed by atoms with E-state index in [0.29, 0.717) is 12.5 Å². The Kier molecular flexibility index (Phi) is 7.82. The van der Waals surface area contributed by atoms with E-state index < -0.39 is 0 Å². The van der Waals surface area contributed by atoms with E-state index in [4.69, 9.17) is 0 Å². The number of ketones is 1. The molecule has 1 aliphatic heterocycles. The van der Waals surface area contributed by atoms with Crippen LogP contribution in [0.2, 0.25) is 0 Å². The molecule has 1 unspecified atom stereocenters. The SMILES string of the molecule is CCCCCCCC(=O)CC(=O)N1CCC(N(C)C)C1. The van der Waals surface area contributed by atoms with Gasteiger partial charge in [-0.15, -0.1) is 0 Å². The number of likely N-dealkylation sites (N-methyl/N-ethyl adjacent to an activating group) is 1. The molecule has 0 aromatic heterocycles. The molecule has 0 aromatic rings. The third kappa shape index (κ3) is 6.04. The number of hydrogen-bond donors (Lipinski definition) is 0. The van der Waals surface area contributed by atoms with Gasteiger partial charge in [0, 0.05) is 25.6 Å². The number of carbonyl (C=O) groups excluding carboxylic acids is 2. The molecule has 0 radical (unpaired) electrons. The number of nitrogens with zero attached hydrogens (tertiary/aromatic N) is 2. The Morgan fingerprint density at radius 2 is 1.85 bits per heavy atom. The van der Waals surface area contributed by atoms with Crippen LogP contribution in [-0.4, -0.2) is 54.7 Å². The van der Waals surface area contributed by atoms with Gasteiger partial charge in [-0.3, -0.25) is 9.59 Å². The number of unbranched alkanes of at least 4 members (excludes halogenated alkanes) is 4. The molecular formula is C16H30N2O2. The minimum atomic E-state index is 0.0212. The van der Waals surface area contributed by atoms with Crippen molar-refractivity contribution in [1.82, 2.24) is 9.80 Å². The molecule has 1 aliphatic rings. The molecule has 4 heteroatoms. The average Bonchev–Trinajstić information content (AvgIpc) is 2.88. The van der Waals surface area contributed by atoms with Crippen LogP contribution in [-0.2, 0) is 9.59 Å². The molecule has 1 heterocycles. The van der Waals surface area contributed by atoms with Gasteiger partial charge < -0.3 is 9.80 Å². The highest BCUT2D eigenvalue weighted by Gasteiger charge is 2.27. The van der Waals surface area contributed by atoms with E-state index in [2.05, 4.69) is 11.8 Å². The summed E-state index contributed by atoms with van der Waals surface area (Å²) in [5.41, 5.74) is 0. The van der Waals surface area contributed by atoms with Crippen molar-refractivity contribution < 1.29 is 9.59 Å². The van der Waals surface area contributed by atoms with Crippen molar-refractivity contribution in [2.24, 2.45) is 0 Å². The molecule has 20 heavy (non-hydrogen) atoms. The van der Waals surface area contributed by atoms with Crippen molar-refractivity contribution >= 4 is 11.7 Å². The summed E-state index contributed by atoms with van der Waals surface area (Å²) in [6.07, 6.45) is 7.40. The van der Waals surface area contributed by atoms with Gasteiger partial charge in [-0.25, -0.2) is 0 Å². The largest absolute Gasteiger partial charge is 0.341 e. The Morgan fingerprint density at radius 1 is 1.15 bits per heavy atom. The highest BCUT2D eigenvalue weighted by Crippen LogP contribution is 2.15. The Morgan fingerprint density at radius 3 is 2.45 bits per heavy atom. The van der Waals surface area contributed by atoms with E-state index in [9.17, 15) is 9.59 Å². The van der Waals surface area contributed by atoms with E-state index >= 15 is 0 Å². The first-order valence-electron chi connectivity index (χ1n) is 8.00. The zero-order chi connectivity index (χ0) is 15.0. The second-order valence-corrected chi connectivity index (χ2v) is 6.13. The van der Waals surface area contributed by atoms with Gasteiger partial charge in [0.25, 0.3) is 0 Å². The van der Waals surface area contributed by atoms with Crippen LogP contribution < -0.4 is 0 Å². The lowest BCUT2D eigenvalue weighted by molar-refractivity contribution is -0.134. The quantitative estimate of drug-likeness (QED) is 0.482. The summed E-state index contributed by atoms with van der Waals surface area (Å²) in [7, 11) is 4.08. The van der Waals surface area contributed by atoms with Crippen LogP contribution in [0.1, 0.15) is 58.3 Å². The molecular weight excluding hydrogens is 252 g/mol. The topological polar surface area (TPSA) is 40.6 Å². The molecule has 1 rings (SSSR count). The van der Waals surface area contributed by atoms with Crippen LogP contribution in [0, 0.1) is 0 Å². The predicted octanol–water partition coefficient (Wildman–Crippen LogP) is 2.47. The lowest BCUT2D eigenvalue weighted by Crippen LogP contribution is -2.35. The van der Waals surface area contributed by atoms with E-state index in [1.807, 2.05) is 19.0 Å². The van der Waals surface area contributed by atoms with Crippen LogP contribution in [0.3, 0.4) is 0 Å². The fourth-order valence-corrected chi connectivity index (χ4v) is 2.68. The number of likely N-dealkylation sites (tertiary alicyclic amines) is 1. The average molecular weight is 282 g/mol. The highest BCUT2D eigenvalue weighted by atomic mass is 16.2. The number of rotatable bonds is 9. The fourth-order valence-electron chi connectivity index (χ4n) is 2.68. The minimum Gasteiger partial charge on any atom is -0.341 e. The fraction of sp³-hybridized carbons (Fsp3) is 0.875. The second kappa shape index (κ2) is 9.11. The molecule has 0 aromatic carbocycles. The summed E-state index contributed by atoms with van der Waals surface area (Å²) in [5, 5.41) is 0. The van der Waals surface area contributed by atoms with Crippen molar-refractivity contribution in [3.63, 3.8) is 0 Å². The predicted molar refractivity (Wildman–Crippen MR) is 81.7 cm³/mol. The highest BCUT2D eigenvalue weighted by molar-refractivity contribution is 5.98. The summed E-state index contributed by atoms with van der Waals surface area (Å²) in [6.45, 7) is 3.75. The summed E-state index contributed by atoms with van der Waals surface area (Å²) < 4.78 is 0. The van der Waals surface area contributed by atoms with E-state index in [-0.39, 0.29) is 18.1 Å². The van der Waals surface area contributed by atoms with E-state index in [1.165, 1.54) is 19.3 Å². The zero-order valence-electron chi connectivity index (χ0n) is 13.4. The molecule has 116 valence electrons.